The Hall–Kier alpha value is -1.12. The van der Waals surface area contributed by atoms with Crippen LogP contribution >= 0.6 is 0 Å². The van der Waals surface area contributed by atoms with E-state index < -0.39 is 0 Å². The number of hydrogen-bond donors (Lipinski definition) is 1. The highest BCUT2D eigenvalue weighted by molar-refractivity contribution is 4.83. The molecule has 1 N–H and O–H groups in total. The van der Waals surface area contributed by atoms with E-state index in [-0.39, 0.29) is 0 Å². The molecule has 0 aliphatic heterocycles. The highest BCUT2D eigenvalue weighted by atomic mass is 16.5. The zero-order valence-corrected chi connectivity index (χ0v) is 4.57. The Balaban J connectivity index is 3.08. The Kier molecular flexibility index (Phi) is 1.12. The summed E-state index contributed by atoms with van der Waals surface area (Å²) < 4.78 is 0.975. The molecule has 0 aliphatic rings. The topological polar surface area (TPSA) is 37.0 Å². The molecule has 1 aromatic rings. The van der Waals surface area contributed by atoms with Gasteiger partial charge in [0.05, 0.1) is 6.20 Å². The molecular weight excluding hydrogens is 104 g/mol. The molecule has 8 heavy (non-hydrogen) atoms. The molecule has 0 spiro atoms. The van der Waals surface area contributed by atoms with E-state index in [4.69, 9.17) is 5.21 Å². The fourth-order valence-electron chi connectivity index (χ4n) is 0.487. The molecule has 0 atom stereocenters. The van der Waals surface area contributed by atoms with Crippen LogP contribution in [0.3, 0.4) is 0 Å². The molecule has 0 fully saturated rings. The molecule has 0 radical (unpaired) electrons. The van der Waals surface area contributed by atoms with Gasteiger partial charge in [0.1, 0.15) is 5.69 Å². The molecule has 0 amide bonds. The first-order valence-electron chi connectivity index (χ1n) is 2.32. The van der Waals surface area contributed by atoms with Gasteiger partial charge in [0, 0.05) is 4.73 Å². The third-order valence-corrected chi connectivity index (χ3v) is 0.817. The van der Waals surface area contributed by atoms with E-state index in [1.807, 2.05) is 6.92 Å². The number of aryl methyl sites for hydroxylation is 1. The second-order valence-corrected chi connectivity index (χ2v) is 1.58. The minimum Gasteiger partial charge on any atom is -0.285 e. The molecule has 3 heteroatoms. The summed E-state index contributed by atoms with van der Waals surface area (Å²) in [6.07, 6.45) is 4.53. The van der Waals surface area contributed by atoms with Gasteiger partial charge >= 0.3 is 0 Å². The van der Waals surface area contributed by atoms with Crippen LogP contribution in [0.25, 0.3) is 0 Å². The van der Waals surface area contributed by atoms with Gasteiger partial charge in [-0.25, -0.2) is 4.98 Å². The molecule has 3 nitrogen and oxygen atoms in total. The number of nitrogens with zero attached hydrogens (tertiary/aromatic N) is 2. The highest BCUT2D eigenvalue weighted by Crippen LogP contribution is 1.79. The van der Waals surface area contributed by atoms with Gasteiger partial charge in [-0.3, -0.25) is 5.21 Å². The Morgan fingerprint density at radius 3 is 2.88 bits per heavy atom. The molecule has 0 saturated heterocycles. The van der Waals surface area contributed by atoms with Crippen molar-refractivity contribution >= 4 is 0 Å². The maximum Gasteiger partial charge on any atom is 0.243 e. The van der Waals surface area contributed by atoms with Crippen LogP contribution < -0.4 is 4.73 Å². The minimum absolute atomic E-state index is 0.801. The fourth-order valence-corrected chi connectivity index (χ4v) is 0.487. The SMILES string of the molecule is Cc1c[n+](O)ccn1. The molecule has 0 aromatic carbocycles. The van der Waals surface area contributed by atoms with Gasteiger partial charge in [0.2, 0.25) is 12.4 Å². The van der Waals surface area contributed by atoms with Crippen molar-refractivity contribution in [2.24, 2.45) is 0 Å². The van der Waals surface area contributed by atoms with Crippen LogP contribution in [0.1, 0.15) is 5.69 Å². The Morgan fingerprint density at radius 2 is 2.50 bits per heavy atom. The molecule has 1 rings (SSSR count). The monoisotopic (exact) mass is 111 g/mol. The Labute approximate surface area is 47.2 Å². The predicted octanol–water partition coefficient (Wildman–Crippen LogP) is -0.0852. The van der Waals surface area contributed by atoms with Gasteiger partial charge in [0.15, 0.2) is 0 Å². The second-order valence-electron chi connectivity index (χ2n) is 1.58. The maximum absolute atomic E-state index is 8.69. The largest absolute Gasteiger partial charge is 0.285 e. The molecular formula is C5H7N2O+. The minimum atomic E-state index is 0.801. The van der Waals surface area contributed by atoms with Crippen LogP contribution in [-0.2, 0) is 0 Å². The number of aromatic nitrogens is 2. The van der Waals surface area contributed by atoms with Crippen molar-refractivity contribution in [1.82, 2.24) is 4.98 Å². The van der Waals surface area contributed by atoms with Crippen molar-refractivity contribution in [2.45, 2.75) is 6.92 Å². The van der Waals surface area contributed by atoms with Crippen molar-refractivity contribution in [3.8, 4) is 0 Å². The van der Waals surface area contributed by atoms with Gasteiger partial charge in [-0.1, -0.05) is 0 Å². The Bertz CT molecular complexity index is 170. The van der Waals surface area contributed by atoms with Crippen LogP contribution in [0, 0.1) is 6.92 Å². The average molecular weight is 111 g/mol. The smallest absolute Gasteiger partial charge is 0.243 e. The van der Waals surface area contributed by atoms with E-state index in [0.29, 0.717) is 0 Å². The molecule has 1 aromatic heterocycles. The first-order valence-corrected chi connectivity index (χ1v) is 2.32. The van der Waals surface area contributed by atoms with Crippen molar-refractivity contribution in [3.05, 3.63) is 24.3 Å². The summed E-state index contributed by atoms with van der Waals surface area (Å²) in [5, 5.41) is 8.69. The average Bonchev–Trinajstić information content (AvgIpc) is 1.64. The van der Waals surface area contributed by atoms with Gasteiger partial charge in [-0.2, -0.15) is 0 Å². The van der Waals surface area contributed by atoms with E-state index in [1.165, 1.54) is 18.6 Å². The number of hydrogen-bond acceptors (Lipinski definition) is 2. The summed E-state index contributed by atoms with van der Waals surface area (Å²) >= 11 is 0. The summed E-state index contributed by atoms with van der Waals surface area (Å²) in [7, 11) is 0. The highest BCUT2D eigenvalue weighted by Gasteiger charge is 1.92. The number of rotatable bonds is 0. The summed E-state index contributed by atoms with van der Waals surface area (Å²) in [5.74, 6) is 0. The zero-order valence-electron chi connectivity index (χ0n) is 4.57. The molecule has 0 aliphatic carbocycles. The van der Waals surface area contributed by atoms with E-state index in [2.05, 4.69) is 4.98 Å². The predicted molar refractivity (Wildman–Crippen MR) is 26.4 cm³/mol. The molecule has 1 heterocycles. The van der Waals surface area contributed by atoms with Crippen LogP contribution in [0.4, 0.5) is 0 Å². The normalized spacial score (nSPS) is 9.12. The van der Waals surface area contributed by atoms with Crippen molar-refractivity contribution in [2.75, 3.05) is 0 Å². The van der Waals surface area contributed by atoms with Crippen molar-refractivity contribution in [3.63, 3.8) is 0 Å². The lowest BCUT2D eigenvalue weighted by atomic mass is 10.5. The fraction of sp³-hybridized carbons (Fsp3) is 0.200. The first kappa shape index (κ1) is 5.03. The third kappa shape index (κ3) is 0.932. The van der Waals surface area contributed by atoms with Gasteiger partial charge in [0.25, 0.3) is 0 Å². The quantitative estimate of drug-likeness (QED) is 0.375. The molecule has 0 saturated carbocycles. The molecule has 0 unspecified atom stereocenters. The lowest BCUT2D eigenvalue weighted by Gasteiger charge is -1.81. The molecule has 0 bridgehead atoms. The maximum atomic E-state index is 8.69. The Morgan fingerprint density at radius 1 is 1.75 bits per heavy atom. The summed E-state index contributed by atoms with van der Waals surface area (Å²) in [6.45, 7) is 1.81. The van der Waals surface area contributed by atoms with E-state index in [9.17, 15) is 0 Å². The summed E-state index contributed by atoms with van der Waals surface area (Å²) in [5.41, 5.74) is 0.801. The van der Waals surface area contributed by atoms with Gasteiger partial charge in [-0.05, 0) is 6.92 Å². The second kappa shape index (κ2) is 1.78. The third-order valence-electron chi connectivity index (χ3n) is 0.817. The zero-order chi connectivity index (χ0) is 5.98. The van der Waals surface area contributed by atoms with Crippen LogP contribution in [0.2, 0.25) is 0 Å². The first-order chi connectivity index (χ1) is 3.79. The van der Waals surface area contributed by atoms with Crippen molar-refractivity contribution in [1.29, 1.82) is 0 Å². The lowest BCUT2D eigenvalue weighted by Crippen LogP contribution is -2.28. The van der Waals surface area contributed by atoms with E-state index in [0.717, 1.165) is 10.4 Å². The van der Waals surface area contributed by atoms with E-state index >= 15 is 0 Å². The molecule has 42 valence electrons. The summed E-state index contributed by atoms with van der Waals surface area (Å²) in [4.78, 5) is 3.86. The van der Waals surface area contributed by atoms with Gasteiger partial charge < -0.3 is 0 Å². The van der Waals surface area contributed by atoms with Gasteiger partial charge in [-0.15, -0.1) is 0 Å². The van der Waals surface area contributed by atoms with Crippen LogP contribution in [0.15, 0.2) is 18.6 Å². The van der Waals surface area contributed by atoms with E-state index in [1.54, 1.807) is 0 Å². The van der Waals surface area contributed by atoms with Crippen LogP contribution in [0.5, 0.6) is 0 Å². The standard InChI is InChI=1S/C5H7N2O/c1-5-4-7(8)3-2-6-5/h2-4H,1H3,(H,6,8)/q+1. The summed E-state index contributed by atoms with van der Waals surface area (Å²) in [6, 6.07) is 0. The lowest BCUT2D eigenvalue weighted by molar-refractivity contribution is -0.905. The van der Waals surface area contributed by atoms with Crippen LogP contribution in [-0.4, -0.2) is 10.2 Å². The van der Waals surface area contributed by atoms with Crippen molar-refractivity contribution < 1.29 is 9.94 Å².